The Labute approximate surface area is 106 Å². The van der Waals surface area contributed by atoms with E-state index in [1.165, 1.54) is 6.07 Å². The zero-order valence-electron chi connectivity index (χ0n) is 9.52. The number of carbonyl (C=O) groups excluding carboxylic acids is 2. The van der Waals surface area contributed by atoms with Crippen molar-refractivity contribution in [2.45, 2.75) is 12.2 Å². The molecule has 2 heterocycles. The number of benzene rings is 1. The highest BCUT2D eigenvalue weighted by atomic mass is 16.7. The second-order valence-corrected chi connectivity index (χ2v) is 4.06. The van der Waals surface area contributed by atoms with E-state index < -0.39 is 24.1 Å². The Hall–Kier alpha value is -2.38. The van der Waals surface area contributed by atoms with Crippen LogP contribution in [0.5, 0.6) is 5.88 Å². The van der Waals surface area contributed by atoms with Gasteiger partial charge in [-0.15, -0.1) is 4.73 Å². The molecular weight excluding hydrogens is 254 g/mol. The zero-order valence-corrected chi connectivity index (χ0v) is 9.52. The number of esters is 1. The third-order valence-corrected chi connectivity index (χ3v) is 2.80. The van der Waals surface area contributed by atoms with Gasteiger partial charge in [-0.2, -0.15) is 0 Å². The summed E-state index contributed by atoms with van der Waals surface area (Å²) in [5.74, 6) is -2.29. The minimum Gasteiger partial charge on any atom is -0.404 e. The normalized spacial score (nSPS) is 23.3. The number of aromatic nitrogens is 1. The van der Waals surface area contributed by atoms with E-state index in [0.717, 1.165) is 4.73 Å². The van der Waals surface area contributed by atoms with Crippen molar-refractivity contribution in [2.75, 3.05) is 0 Å². The molecule has 19 heavy (non-hydrogen) atoms. The molecule has 0 aliphatic carbocycles. The summed E-state index contributed by atoms with van der Waals surface area (Å²) in [6, 6.07) is 8.37. The van der Waals surface area contributed by atoms with E-state index in [1.54, 1.807) is 24.3 Å². The van der Waals surface area contributed by atoms with E-state index in [1.807, 2.05) is 0 Å². The molecule has 2 atom stereocenters. The summed E-state index contributed by atoms with van der Waals surface area (Å²) in [7, 11) is 0. The number of aliphatic hydroxyl groups excluding tert-OH is 2. The lowest BCUT2D eigenvalue weighted by Crippen LogP contribution is -2.47. The molecule has 1 aromatic heterocycles. The number of hydrogen-bond acceptors (Lipinski definition) is 6. The SMILES string of the molecule is O=C1Oc2cc3ccccc3n2OC(=O)C(O)C1O. The van der Waals surface area contributed by atoms with E-state index in [4.69, 9.17) is 9.57 Å². The first-order chi connectivity index (χ1) is 9.08. The summed E-state index contributed by atoms with van der Waals surface area (Å²) >= 11 is 0. The summed E-state index contributed by atoms with van der Waals surface area (Å²) in [6.45, 7) is 0. The predicted molar refractivity (Wildman–Crippen MR) is 61.2 cm³/mol. The van der Waals surface area contributed by atoms with Crippen molar-refractivity contribution in [3.63, 3.8) is 0 Å². The van der Waals surface area contributed by atoms with Crippen LogP contribution in [0.2, 0.25) is 0 Å². The molecular formula is C12H9NO6. The fraction of sp³-hybridized carbons (Fsp3) is 0.167. The summed E-state index contributed by atoms with van der Waals surface area (Å²) in [5, 5.41) is 19.5. The van der Waals surface area contributed by atoms with Crippen molar-refractivity contribution in [1.29, 1.82) is 0 Å². The maximum absolute atomic E-state index is 11.6. The summed E-state index contributed by atoms with van der Waals surface area (Å²) < 4.78 is 5.89. The molecule has 0 spiro atoms. The molecule has 0 saturated carbocycles. The lowest BCUT2D eigenvalue weighted by atomic mass is 10.2. The van der Waals surface area contributed by atoms with Crippen LogP contribution in [-0.2, 0) is 9.59 Å². The molecule has 0 radical (unpaired) electrons. The fourth-order valence-electron chi connectivity index (χ4n) is 1.84. The summed E-state index contributed by atoms with van der Waals surface area (Å²) in [4.78, 5) is 28.0. The van der Waals surface area contributed by atoms with Gasteiger partial charge in [0.05, 0.1) is 5.52 Å². The van der Waals surface area contributed by atoms with Crippen molar-refractivity contribution in [3.05, 3.63) is 30.3 Å². The molecule has 3 rings (SSSR count). The third-order valence-electron chi connectivity index (χ3n) is 2.80. The average Bonchev–Trinajstić information content (AvgIpc) is 2.74. The van der Waals surface area contributed by atoms with E-state index >= 15 is 0 Å². The van der Waals surface area contributed by atoms with Crippen molar-refractivity contribution < 1.29 is 29.4 Å². The number of nitrogens with zero attached hydrogens (tertiary/aromatic N) is 1. The third kappa shape index (κ3) is 1.76. The smallest absolute Gasteiger partial charge is 0.364 e. The van der Waals surface area contributed by atoms with E-state index in [9.17, 15) is 19.8 Å². The Morgan fingerprint density at radius 3 is 2.53 bits per heavy atom. The van der Waals surface area contributed by atoms with Crippen molar-refractivity contribution in [1.82, 2.24) is 4.73 Å². The molecule has 2 N–H and O–H groups in total. The fourth-order valence-corrected chi connectivity index (χ4v) is 1.84. The first kappa shape index (κ1) is 11.7. The van der Waals surface area contributed by atoms with Crippen LogP contribution in [0, 0.1) is 0 Å². The molecule has 1 aromatic carbocycles. The van der Waals surface area contributed by atoms with Gasteiger partial charge in [-0.05, 0) is 6.07 Å². The quantitative estimate of drug-likeness (QED) is 0.606. The van der Waals surface area contributed by atoms with Crippen LogP contribution in [0.25, 0.3) is 10.9 Å². The van der Waals surface area contributed by atoms with Gasteiger partial charge in [0.2, 0.25) is 5.88 Å². The minimum atomic E-state index is -1.98. The average molecular weight is 263 g/mol. The number of aliphatic hydroxyl groups is 2. The van der Waals surface area contributed by atoms with Gasteiger partial charge in [-0.25, -0.2) is 9.59 Å². The van der Waals surface area contributed by atoms with Gasteiger partial charge < -0.3 is 19.8 Å². The first-order valence-electron chi connectivity index (χ1n) is 5.48. The highest BCUT2D eigenvalue weighted by molar-refractivity contribution is 5.90. The maximum Gasteiger partial charge on any atom is 0.364 e. The van der Waals surface area contributed by atoms with E-state index in [2.05, 4.69) is 0 Å². The Morgan fingerprint density at radius 1 is 1.05 bits per heavy atom. The van der Waals surface area contributed by atoms with Crippen LogP contribution in [0.4, 0.5) is 0 Å². The van der Waals surface area contributed by atoms with Crippen molar-refractivity contribution in [2.24, 2.45) is 0 Å². The number of hydrogen-bond donors (Lipinski definition) is 2. The number of carbonyl (C=O) groups is 2. The molecule has 7 heteroatoms. The Bertz CT molecular complexity index is 676. The Kier molecular flexibility index (Phi) is 2.51. The molecule has 7 nitrogen and oxygen atoms in total. The van der Waals surface area contributed by atoms with Gasteiger partial charge >= 0.3 is 11.9 Å². The van der Waals surface area contributed by atoms with Crippen molar-refractivity contribution >= 4 is 22.8 Å². The van der Waals surface area contributed by atoms with Gasteiger partial charge in [0, 0.05) is 11.5 Å². The zero-order chi connectivity index (χ0) is 13.6. The number of para-hydroxylation sites is 1. The highest BCUT2D eigenvalue weighted by Gasteiger charge is 2.37. The van der Waals surface area contributed by atoms with E-state index in [0.29, 0.717) is 10.9 Å². The van der Waals surface area contributed by atoms with Gasteiger partial charge in [0.15, 0.2) is 12.2 Å². The summed E-state index contributed by atoms with van der Waals surface area (Å²) in [5.41, 5.74) is 0.502. The number of rotatable bonds is 0. The standard InChI is InChI=1S/C12H9NO6/c14-9-10(15)12(17)19-13-7-4-2-1-3-6(7)5-8(13)18-11(9)16/h1-5,9-10,14-15H. The second kappa shape index (κ2) is 4.08. The van der Waals surface area contributed by atoms with Crippen LogP contribution in [0.3, 0.4) is 0 Å². The van der Waals surface area contributed by atoms with Gasteiger partial charge in [-0.3, -0.25) is 0 Å². The molecule has 0 saturated heterocycles. The van der Waals surface area contributed by atoms with Gasteiger partial charge in [0.1, 0.15) is 0 Å². The number of ether oxygens (including phenoxy) is 1. The monoisotopic (exact) mass is 263 g/mol. The van der Waals surface area contributed by atoms with Crippen LogP contribution < -0.4 is 9.57 Å². The molecule has 2 unspecified atom stereocenters. The highest BCUT2D eigenvalue weighted by Crippen LogP contribution is 2.26. The molecule has 1 aliphatic rings. The first-order valence-corrected chi connectivity index (χ1v) is 5.48. The van der Waals surface area contributed by atoms with Gasteiger partial charge in [-0.1, -0.05) is 18.2 Å². The van der Waals surface area contributed by atoms with Crippen LogP contribution >= 0.6 is 0 Å². The van der Waals surface area contributed by atoms with Crippen LogP contribution in [0.1, 0.15) is 0 Å². The lowest BCUT2D eigenvalue weighted by molar-refractivity contribution is -0.173. The molecule has 0 bridgehead atoms. The minimum absolute atomic E-state index is 0.0366. The van der Waals surface area contributed by atoms with Gasteiger partial charge in [0.25, 0.3) is 0 Å². The molecule has 0 fully saturated rings. The predicted octanol–water partition coefficient (Wildman–Crippen LogP) is -0.763. The lowest BCUT2D eigenvalue weighted by Gasteiger charge is -2.20. The topological polar surface area (TPSA) is 98.0 Å². The Morgan fingerprint density at radius 2 is 1.74 bits per heavy atom. The molecule has 2 aromatic rings. The largest absolute Gasteiger partial charge is 0.404 e. The van der Waals surface area contributed by atoms with E-state index in [-0.39, 0.29) is 5.88 Å². The number of fused-ring (bicyclic) bond motifs is 3. The molecule has 1 aliphatic heterocycles. The van der Waals surface area contributed by atoms with Crippen LogP contribution in [-0.4, -0.2) is 39.1 Å². The van der Waals surface area contributed by atoms with Crippen molar-refractivity contribution in [3.8, 4) is 5.88 Å². The molecule has 0 amide bonds. The maximum atomic E-state index is 11.6. The summed E-state index contributed by atoms with van der Waals surface area (Å²) in [6.07, 6.45) is -3.96. The second-order valence-electron chi connectivity index (χ2n) is 4.06. The Balaban J connectivity index is 2.17. The van der Waals surface area contributed by atoms with Crippen LogP contribution in [0.15, 0.2) is 30.3 Å². The molecule has 98 valence electrons.